The van der Waals surface area contributed by atoms with E-state index < -0.39 is 0 Å². The predicted molar refractivity (Wildman–Crippen MR) is 56.7 cm³/mol. The smallest absolute Gasteiger partial charge is 0.0462 e. The Labute approximate surface area is 85.2 Å². The van der Waals surface area contributed by atoms with Crippen molar-refractivity contribution >= 4 is 0 Å². The van der Waals surface area contributed by atoms with Gasteiger partial charge in [0, 0.05) is 13.2 Å². The third-order valence-corrected chi connectivity index (χ3v) is 2.25. The molecule has 1 unspecified atom stereocenters. The highest BCUT2D eigenvalue weighted by Crippen LogP contribution is 2.12. The summed E-state index contributed by atoms with van der Waals surface area (Å²) in [5.74, 6) is 0.226. The van der Waals surface area contributed by atoms with E-state index >= 15 is 0 Å². The molecule has 2 nitrogen and oxygen atoms in total. The molecular weight excluding hydrogens is 176 g/mol. The zero-order valence-electron chi connectivity index (χ0n) is 8.26. The summed E-state index contributed by atoms with van der Waals surface area (Å²) >= 11 is 0. The number of hydrogen-bond donors (Lipinski definition) is 2. The van der Waals surface area contributed by atoms with Gasteiger partial charge in [-0.3, -0.25) is 0 Å². The average molecular weight is 193 g/mol. The van der Waals surface area contributed by atoms with Crippen LogP contribution in [0.1, 0.15) is 12.0 Å². The van der Waals surface area contributed by atoms with Gasteiger partial charge >= 0.3 is 0 Å². The molecule has 1 radical (unpaired) electrons. The Morgan fingerprint density at radius 1 is 1.14 bits per heavy atom. The van der Waals surface area contributed by atoms with Gasteiger partial charge in [0.15, 0.2) is 0 Å². The van der Waals surface area contributed by atoms with Gasteiger partial charge in [-0.2, -0.15) is 0 Å². The van der Waals surface area contributed by atoms with Crippen LogP contribution >= 0.6 is 0 Å². The van der Waals surface area contributed by atoms with Gasteiger partial charge in [0.05, 0.1) is 0 Å². The molecule has 0 spiro atoms. The molecular formula is C12H17O2. The van der Waals surface area contributed by atoms with Gasteiger partial charge in [0.2, 0.25) is 0 Å². The van der Waals surface area contributed by atoms with Crippen LogP contribution in [0.2, 0.25) is 0 Å². The number of aliphatic hydroxyl groups is 2. The topological polar surface area (TPSA) is 40.5 Å². The number of hydrogen-bond acceptors (Lipinski definition) is 2. The second kappa shape index (κ2) is 6.57. The highest BCUT2D eigenvalue weighted by atomic mass is 16.3. The molecule has 0 fully saturated rings. The Hall–Kier alpha value is -0.860. The van der Waals surface area contributed by atoms with E-state index in [1.807, 2.05) is 18.2 Å². The highest BCUT2D eigenvalue weighted by Gasteiger charge is 2.07. The van der Waals surface area contributed by atoms with Crippen molar-refractivity contribution < 1.29 is 10.2 Å². The first-order valence-corrected chi connectivity index (χ1v) is 4.94. The second-order valence-electron chi connectivity index (χ2n) is 3.45. The predicted octanol–water partition coefficient (Wildman–Crippen LogP) is 1.42. The molecule has 0 heterocycles. The summed E-state index contributed by atoms with van der Waals surface area (Å²) in [6.07, 6.45) is 3.43. The minimum absolute atomic E-state index is 0.0886. The zero-order chi connectivity index (χ0) is 10.2. The Morgan fingerprint density at radius 2 is 1.86 bits per heavy atom. The first kappa shape index (κ1) is 11.2. The molecule has 77 valence electrons. The van der Waals surface area contributed by atoms with Crippen LogP contribution in [0.4, 0.5) is 0 Å². The van der Waals surface area contributed by atoms with Crippen LogP contribution in [0.15, 0.2) is 30.3 Å². The summed E-state index contributed by atoms with van der Waals surface area (Å²) in [5, 5.41) is 17.8. The van der Waals surface area contributed by atoms with Crippen molar-refractivity contribution in [1.29, 1.82) is 0 Å². The van der Waals surface area contributed by atoms with Crippen LogP contribution < -0.4 is 0 Å². The normalized spacial score (nSPS) is 12.7. The van der Waals surface area contributed by atoms with E-state index in [2.05, 4.69) is 12.1 Å². The van der Waals surface area contributed by atoms with E-state index in [1.165, 1.54) is 5.56 Å². The fourth-order valence-electron chi connectivity index (χ4n) is 1.48. The van der Waals surface area contributed by atoms with Gasteiger partial charge in [-0.1, -0.05) is 30.3 Å². The van der Waals surface area contributed by atoms with Crippen LogP contribution in [-0.4, -0.2) is 23.4 Å². The Balaban J connectivity index is 2.40. The van der Waals surface area contributed by atoms with Crippen molar-refractivity contribution in [3.8, 4) is 0 Å². The summed E-state index contributed by atoms with van der Waals surface area (Å²) in [6.45, 7) is 0.261. The van der Waals surface area contributed by atoms with Gasteiger partial charge in [-0.05, 0) is 30.7 Å². The van der Waals surface area contributed by atoms with E-state index in [4.69, 9.17) is 10.2 Å². The van der Waals surface area contributed by atoms with Gasteiger partial charge in [0.1, 0.15) is 0 Å². The average Bonchev–Trinajstić information content (AvgIpc) is 2.25. The summed E-state index contributed by atoms with van der Waals surface area (Å²) < 4.78 is 0. The molecule has 1 atom stereocenters. The lowest BCUT2D eigenvalue weighted by molar-refractivity contribution is 0.218. The minimum Gasteiger partial charge on any atom is -0.396 e. The van der Waals surface area contributed by atoms with Gasteiger partial charge < -0.3 is 10.2 Å². The molecule has 0 aromatic heterocycles. The first-order chi connectivity index (χ1) is 6.86. The Bertz CT molecular complexity index is 233. The first-order valence-electron chi connectivity index (χ1n) is 4.94. The Morgan fingerprint density at radius 3 is 2.43 bits per heavy atom. The Kier molecular flexibility index (Phi) is 5.27. The molecule has 0 saturated carbocycles. The van der Waals surface area contributed by atoms with Crippen molar-refractivity contribution in [2.45, 2.75) is 12.8 Å². The van der Waals surface area contributed by atoms with E-state index in [1.54, 1.807) is 6.42 Å². The molecule has 14 heavy (non-hydrogen) atoms. The van der Waals surface area contributed by atoms with Crippen LogP contribution in [0.3, 0.4) is 0 Å². The van der Waals surface area contributed by atoms with Crippen molar-refractivity contribution in [1.82, 2.24) is 0 Å². The summed E-state index contributed by atoms with van der Waals surface area (Å²) in [6, 6.07) is 10.1. The third kappa shape index (κ3) is 3.90. The number of aliphatic hydroxyl groups excluding tert-OH is 2. The lowest BCUT2D eigenvalue weighted by Crippen LogP contribution is -2.10. The SMILES string of the molecule is OC[CH]CC(CO)Cc1ccccc1. The standard InChI is InChI=1S/C12H17O2/c13-8-4-7-12(10-14)9-11-5-2-1-3-6-11/h1-6,12-14H,7-10H2. The molecule has 0 amide bonds. The largest absolute Gasteiger partial charge is 0.396 e. The zero-order valence-corrected chi connectivity index (χ0v) is 8.26. The molecule has 1 aromatic carbocycles. The monoisotopic (exact) mass is 193 g/mol. The van der Waals surface area contributed by atoms with Crippen molar-refractivity contribution in [2.75, 3.05) is 13.2 Å². The van der Waals surface area contributed by atoms with Gasteiger partial charge in [-0.15, -0.1) is 0 Å². The second-order valence-corrected chi connectivity index (χ2v) is 3.45. The van der Waals surface area contributed by atoms with E-state index in [9.17, 15) is 0 Å². The summed E-state index contributed by atoms with van der Waals surface area (Å²) in [7, 11) is 0. The maximum atomic E-state index is 9.11. The molecule has 1 rings (SSSR count). The fraction of sp³-hybridized carbons (Fsp3) is 0.417. The van der Waals surface area contributed by atoms with E-state index in [0.29, 0.717) is 0 Å². The molecule has 0 aliphatic heterocycles. The number of benzene rings is 1. The molecule has 1 aromatic rings. The summed E-state index contributed by atoms with van der Waals surface area (Å²) in [5.41, 5.74) is 1.23. The molecule has 2 heteroatoms. The van der Waals surface area contributed by atoms with Crippen LogP contribution in [0, 0.1) is 12.3 Å². The highest BCUT2D eigenvalue weighted by molar-refractivity contribution is 5.15. The lowest BCUT2D eigenvalue weighted by Gasteiger charge is -2.12. The van der Waals surface area contributed by atoms with E-state index in [0.717, 1.165) is 12.8 Å². The van der Waals surface area contributed by atoms with Crippen LogP contribution in [0.5, 0.6) is 0 Å². The molecule has 0 aliphatic carbocycles. The number of rotatable bonds is 6. The fourth-order valence-corrected chi connectivity index (χ4v) is 1.48. The summed E-state index contributed by atoms with van der Waals surface area (Å²) in [4.78, 5) is 0. The van der Waals surface area contributed by atoms with Crippen LogP contribution in [0.25, 0.3) is 0 Å². The van der Waals surface area contributed by atoms with Crippen molar-refractivity contribution in [3.05, 3.63) is 42.3 Å². The lowest BCUT2D eigenvalue weighted by atomic mass is 9.96. The van der Waals surface area contributed by atoms with Gasteiger partial charge in [0.25, 0.3) is 0 Å². The van der Waals surface area contributed by atoms with Crippen LogP contribution in [-0.2, 0) is 6.42 Å². The quantitative estimate of drug-likeness (QED) is 0.717. The van der Waals surface area contributed by atoms with Crippen molar-refractivity contribution in [2.24, 2.45) is 5.92 Å². The van der Waals surface area contributed by atoms with Gasteiger partial charge in [-0.25, -0.2) is 0 Å². The maximum absolute atomic E-state index is 9.11. The van der Waals surface area contributed by atoms with Crippen molar-refractivity contribution in [3.63, 3.8) is 0 Å². The minimum atomic E-state index is 0.0886. The molecule has 2 N–H and O–H groups in total. The maximum Gasteiger partial charge on any atom is 0.0462 e. The third-order valence-electron chi connectivity index (χ3n) is 2.25. The molecule has 0 saturated heterocycles. The van der Waals surface area contributed by atoms with E-state index in [-0.39, 0.29) is 19.1 Å². The molecule has 0 bridgehead atoms. The molecule has 0 aliphatic rings.